The summed E-state index contributed by atoms with van der Waals surface area (Å²) >= 11 is 6.04. The van der Waals surface area contributed by atoms with Gasteiger partial charge in [-0.25, -0.2) is 14.5 Å². The molecule has 5 aromatic rings. The molecule has 0 bridgehead atoms. The predicted molar refractivity (Wildman–Crippen MR) is 143 cm³/mol. The van der Waals surface area contributed by atoms with Gasteiger partial charge in [0.05, 0.1) is 5.69 Å². The highest BCUT2D eigenvalue weighted by Gasteiger charge is 2.21. The molecule has 0 aliphatic heterocycles. The third-order valence-electron chi connectivity index (χ3n) is 5.82. The number of aromatic nitrogens is 3. The first-order valence-electron chi connectivity index (χ1n) is 11.6. The summed E-state index contributed by atoms with van der Waals surface area (Å²) in [6, 6.07) is 31.8. The van der Waals surface area contributed by atoms with E-state index in [1.54, 1.807) is 41.1 Å². The number of benzene rings is 4. The summed E-state index contributed by atoms with van der Waals surface area (Å²) < 4.78 is 6.85. The van der Waals surface area contributed by atoms with Crippen LogP contribution in [0.15, 0.2) is 103 Å². The number of ether oxygens (including phenoxy) is 1. The molecule has 5 rings (SSSR count). The van der Waals surface area contributed by atoms with Gasteiger partial charge in [0.1, 0.15) is 0 Å². The molecule has 0 N–H and O–H groups in total. The van der Waals surface area contributed by atoms with Gasteiger partial charge in [-0.05, 0) is 42.3 Å². The van der Waals surface area contributed by atoms with Gasteiger partial charge in [-0.1, -0.05) is 96.0 Å². The second kappa shape index (κ2) is 10.6. The highest BCUT2D eigenvalue weighted by molar-refractivity contribution is 6.30. The average molecular weight is 508 g/mol. The van der Waals surface area contributed by atoms with Crippen LogP contribution in [0.2, 0.25) is 5.02 Å². The van der Waals surface area contributed by atoms with E-state index in [4.69, 9.17) is 16.3 Å². The molecule has 0 amide bonds. The molecule has 0 saturated heterocycles. The lowest BCUT2D eigenvalue weighted by molar-refractivity contribution is 0.0462. The molecule has 1 aromatic heterocycles. The van der Waals surface area contributed by atoms with Crippen LogP contribution in [0, 0.1) is 6.92 Å². The van der Waals surface area contributed by atoms with Crippen LogP contribution in [0.25, 0.3) is 28.2 Å². The van der Waals surface area contributed by atoms with Crippen LogP contribution in [0.5, 0.6) is 0 Å². The fourth-order valence-electron chi connectivity index (χ4n) is 3.81. The summed E-state index contributed by atoms with van der Waals surface area (Å²) in [6.45, 7) is 1.57. The predicted octanol–water partition coefficient (Wildman–Crippen LogP) is 6.60. The standard InChI is InChI=1S/C30H22ClN3O3/c1-20-7-9-24(10-8-20)29-32-28(33-34(29)26-17-15-25(31)16-18-26)30(36)37-19-27(35)23-13-11-22(12-14-23)21-5-3-2-4-6-21/h2-18H,19H2,1H3. The first-order valence-corrected chi connectivity index (χ1v) is 12.0. The maximum atomic E-state index is 12.8. The Bertz CT molecular complexity index is 1480. The lowest BCUT2D eigenvalue weighted by atomic mass is 10.0. The molecule has 6 nitrogen and oxygen atoms in total. The number of esters is 1. The molecule has 1 heterocycles. The SMILES string of the molecule is Cc1ccc(-c2nc(C(=O)OCC(=O)c3ccc(-c4ccccc4)cc3)nn2-c2ccc(Cl)cc2)cc1. The van der Waals surface area contributed by atoms with Gasteiger partial charge in [-0.15, -0.1) is 5.10 Å². The summed E-state index contributed by atoms with van der Waals surface area (Å²) in [6.07, 6.45) is 0. The Kier molecular flexibility index (Phi) is 6.92. The van der Waals surface area contributed by atoms with Crippen LogP contribution in [0.4, 0.5) is 0 Å². The van der Waals surface area contributed by atoms with E-state index in [0.717, 1.165) is 22.3 Å². The van der Waals surface area contributed by atoms with Crippen molar-refractivity contribution >= 4 is 23.4 Å². The third kappa shape index (κ3) is 5.50. The number of ketones is 1. The second-order valence-electron chi connectivity index (χ2n) is 8.46. The molecule has 37 heavy (non-hydrogen) atoms. The third-order valence-corrected chi connectivity index (χ3v) is 6.07. The zero-order valence-electron chi connectivity index (χ0n) is 20.0. The first kappa shape index (κ1) is 24.2. The van der Waals surface area contributed by atoms with Crippen molar-refractivity contribution in [2.24, 2.45) is 0 Å². The smallest absolute Gasteiger partial charge is 0.378 e. The Morgan fingerprint density at radius 1 is 0.784 bits per heavy atom. The molecule has 0 spiro atoms. The second-order valence-corrected chi connectivity index (χ2v) is 8.89. The molecule has 0 saturated carbocycles. The monoisotopic (exact) mass is 507 g/mol. The van der Waals surface area contributed by atoms with Crippen molar-refractivity contribution in [1.29, 1.82) is 0 Å². The topological polar surface area (TPSA) is 74.1 Å². The number of carbonyl (C=O) groups excluding carboxylic acids is 2. The highest BCUT2D eigenvalue weighted by Crippen LogP contribution is 2.23. The van der Waals surface area contributed by atoms with Gasteiger partial charge in [-0.3, -0.25) is 4.79 Å². The van der Waals surface area contributed by atoms with E-state index in [1.165, 1.54) is 0 Å². The number of hydrogen-bond donors (Lipinski definition) is 0. The molecule has 4 aromatic carbocycles. The number of hydrogen-bond acceptors (Lipinski definition) is 5. The summed E-state index contributed by atoms with van der Waals surface area (Å²) in [7, 11) is 0. The van der Waals surface area contributed by atoms with Gasteiger partial charge in [0.2, 0.25) is 0 Å². The lowest BCUT2D eigenvalue weighted by Gasteiger charge is -2.06. The highest BCUT2D eigenvalue weighted by atomic mass is 35.5. The molecule has 0 fully saturated rings. The maximum Gasteiger partial charge on any atom is 0.378 e. The van der Waals surface area contributed by atoms with Gasteiger partial charge in [-0.2, -0.15) is 0 Å². The minimum atomic E-state index is -0.782. The van der Waals surface area contributed by atoms with Crippen molar-refractivity contribution in [3.8, 4) is 28.2 Å². The van der Waals surface area contributed by atoms with E-state index in [1.807, 2.05) is 73.7 Å². The lowest BCUT2D eigenvalue weighted by Crippen LogP contribution is -2.15. The van der Waals surface area contributed by atoms with Crippen LogP contribution in [0.3, 0.4) is 0 Å². The summed E-state index contributed by atoms with van der Waals surface area (Å²) in [4.78, 5) is 29.9. The Labute approximate surface area is 219 Å². The van der Waals surface area contributed by atoms with Crippen LogP contribution >= 0.6 is 11.6 Å². The van der Waals surface area contributed by atoms with E-state index in [2.05, 4.69) is 10.1 Å². The van der Waals surface area contributed by atoms with E-state index in [-0.39, 0.29) is 11.6 Å². The van der Waals surface area contributed by atoms with E-state index >= 15 is 0 Å². The average Bonchev–Trinajstić information content (AvgIpc) is 3.38. The van der Waals surface area contributed by atoms with Crippen LogP contribution < -0.4 is 0 Å². The van der Waals surface area contributed by atoms with Gasteiger partial charge >= 0.3 is 5.97 Å². The molecule has 0 unspecified atom stereocenters. The Hall–Kier alpha value is -4.55. The fourth-order valence-corrected chi connectivity index (χ4v) is 3.93. The van der Waals surface area contributed by atoms with Crippen molar-refractivity contribution in [1.82, 2.24) is 14.8 Å². The van der Waals surface area contributed by atoms with Crippen molar-refractivity contribution in [2.45, 2.75) is 6.92 Å². The molecule has 0 aliphatic rings. The summed E-state index contributed by atoms with van der Waals surface area (Å²) in [5, 5.41) is 4.96. The molecule has 0 aliphatic carbocycles. The van der Waals surface area contributed by atoms with Crippen molar-refractivity contribution in [3.05, 3.63) is 125 Å². The quantitative estimate of drug-likeness (QED) is 0.183. The zero-order valence-corrected chi connectivity index (χ0v) is 20.7. The minimum Gasteiger partial charge on any atom is -0.451 e. The number of halogens is 1. The molecule has 7 heteroatoms. The number of carbonyl (C=O) groups is 2. The largest absolute Gasteiger partial charge is 0.451 e. The first-order chi connectivity index (χ1) is 18.0. The fraction of sp³-hybridized carbons (Fsp3) is 0.0667. The zero-order chi connectivity index (χ0) is 25.8. The van der Waals surface area contributed by atoms with Crippen LogP contribution in [-0.2, 0) is 4.74 Å². The molecule has 0 radical (unpaired) electrons. The Morgan fingerprint density at radius 3 is 2.08 bits per heavy atom. The molecule has 0 atom stereocenters. The normalized spacial score (nSPS) is 10.8. The van der Waals surface area contributed by atoms with E-state index in [0.29, 0.717) is 22.1 Å². The number of Topliss-reactive ketones (excluding diaryl/α,β-unsaturated/α-hetero) is 1. The molecular weight excluding hydrogens is 486 g/mol. The van der Waals surface area contributed by atoms with Crippen molar-refractivity contribution < 1.29 is 14.3 Å². The van der Waals surface area contributed by atoms with Crippen molar-refractivity contribution in [3.63, 3.8) is 0 Å². The van der Waals surface area contributed by atoms with Gasteiger partial charge in [0.15, 0.2) is 18.2 Å². The summed E-state index contributed by atoms with van der Waals surface area (Å²) in [5.41, 5.74) is 5.06. The number of aryl methyl sites for hydroxylation is 1. The van der Waals surface area contributed by atoms with Crippen LogP contribution in [-0.4, -0.2) is 33.1 Å². The molecular formula is C30H22ClN3O3. The van der Waals surface area contributed by atoms with Crippen LogP contribution in [0.1, 0.15) is 26.5 Å². The number of rotatable bonds is 7. The maximum absolute atomic E-state index is 12.8. The van der Waals surface area contributed by atoms with E-state index in [9.17, 15) is 9.59 Å². The van der Waals surface area contributed by atoms with Gasteiger partial charge in [0.25, 0.3) is 5.82 Å². The van der Waals surface area contributed by atoms with Gasteiger partial charge < -0.3 is 4.74 Å². The van der Waals surface area contributed by atoms with E-state index < -0.39 is 12.6 Å². The molecule has 182 valence electrons. The Balaban J connectivity index is 1.34. The van der Waals surface area contributed by atoms with Gasteiger partial charge in [0, 0.05) is 16.1 Å². The number of nitrogens with zero attached hydrogens (tertiary/aromatic N) is 3. The Morgan fingerprint density at radius 2 is 1.41 bits per heavy atom. The minimum absolute atomic E-state index is 0.141. The summed E-state index contributed by atoms with van der Waals surface area (Å²) in [5.74, 6) is -0.769. The van der Waals surface area contributed by atoms with Crippen molar-refractivity contribution in [2.75, 3.05) is 6.61 Å².